The van der Waals surface area contributed by atoms with Crippen molar-refractivity contribution in [3.05, 3.63) is 112 Å². The third-order valence-corrected chi connectivity index (χ3v) is 6.20. The minimum Gasteiger partial charge on any atom is -0.354 e. The van der Waals surface area contributed by atoms with Crippen molar-refractivity contribution in [3.8, 4) is 0 Å². The topological polar surface area (TPSA) is 58.1 Å². The maximum atomic E-state index is 12.7. The standard InChI is InChI=1S/C26H25ClN4OS/c27-23-13-11-21(12-14-23)17-24-29-26(33-30-24)31(18-22-9-5-2-6-10-22)19-25(32)28-16-15-20-7-3-1-4-8-20/h1-14H,15-19H2,(H,28,32). The zero-order valence-corrected chi connectivity index (χ0v) is 19.7. The molecule has 0 spiro atoms. The summed E-state index contributed by atoms with van der Waals surface area (Å²) >= 11 is 7.30. The highest BCUT2D eigenvalue weighted by Crippen LogP contribution is 2.21. The Balaban J connectivity index is 1.41. The SMILES string of the molecule is O=C(CN(Cc1ccccc1)c1nc(Cc2ccc(Cl)cc2)ns1)NCCc1ccccc1. The van der Waals surface area contributed by atoms with Gasteiger partial charge in [0.05, 0.1) is 6.54 Å². The molecule has 0 aliphatic carbocycles. The summed E-state index contributed by atoms with van der Waals surface area (Å²) in [5.74, 6) is 0.705. The van der Waals surface area contributed by atoms with E-state index >= 15 is 0 Å². The average molecular weight is 477 g/mol. The average Bonchev–Trinajstić information content (AvgIpc) is 3.30. The highest BCUT2D eigenvalue weighted by molar-refractivity contribution is 7.09. The van der Waals surface area contributed by atoms with Crippen molar-refractivity contribution >= 4 is 34.2 Å². The first kappa shape index (κ1) is 23.0. The number of hydrogen-bond donors (Lipinski definition) is 1. The second-order valence-electron chi connectivity index (χ2n) is 7.72. The van der Waals surface area contributed by atoms with E-state index in [1.807, 2.05) is 65.6 Å². The monoisotopic (exact) mass is 476 g/mol. The fraction of sp³-hybridized carbons (Fsp3) is 0.192. The van der Waals surface area contributed by atoms with Crippen molar-refractivity contribution in [3.63, 3.8) is 0 Å². The number of aromatic nitrogens is 2. The van der Waals surface area contributed by atoms with Gasteiger partial charge in [0.25, 0.3) is 0 Å². The van der Waals surface area contributed by atoms with Crippen LogP contribution in [-0.2, 0) is 24.2 Å². The summed E-state index contributed by atoms with van der Waals surface area (Å²) in [6, 6.07) is 27.9. The summed E-state index contributed by atoms with van der Waals surface area (Å²) in [4.78, 5) is 19.4. The molecule has 0 radical (unpaired) electrons. The molecule has 0 aliphatic rings. The molecule has 4 rings (SSSR count). The first-order valence-electron chi connectivity index (χ1n) is 10.8. The third kappa shape index (κ3) is 7.14. The summed E-state index contributed by atoms with van der Waals surface area (Å²) < 4.78 is 4.53. The normalized spacial score (nSPS) is 10.7. The van der Waals surface area contributed by atoms with Gasteiger partial charge in [-0.15, -0.1) is 0 Å². The Kier molecular flexibility index (Phi) is 8.06. The Bertz CT molecular complexity index is 1150. The molecule has 0 fully saturated rings. The van der Waals surface area contributed by atoms with Crippen LogP contribution in [0.25, 0.3) is 0 Å². The van der Waals surface area contributed by atoms with Crippen molar-refractivity contribution < 1.29 is 4.79 Å². The van der Waals surface area contributed by atoms with Gasteiger partial charge in [-0.25, -0.2) is 4.98 Å². The minimum absolute atomic E-state index is 0.0312. The van der Waals surface area contributed by atoms with Crippen LogP contribution in [0.2, 0.25) is 5.02 Å². The Labute approximate surface area is 203 Å². The molecule has 168 valence electrons. The van der Waals surface area contributed by atoms with Crippen LogP contribution in [0.4, 0.5) is 5.13 Å². The van der Waals surface area contributed by atoms with Crippen LogP contribution in [0, 0.1) is 0 Å². The number of nitrogens with zero attached hydrogens (tertiary/aromatic N) is 3. The number of amides is 1. The lowest BCUT2D eigenvalue weighted by atomic mass is 10.1. The van der Waals surface area contributed by atoms with Crippen LogP contribution >= 0.6 is 23.1 Å². The maximum Gasteiger partial charge on any atom is 0.239 e. The minimum atomic E-state index is -0.0312. The van der Waals surface area contributed by atoms with Gasteiger partial charge in [-0.2, -0.15) is 4.37 Å². The van der Waals surface area contributed by atoms with E-state index in [-0.39, 0.29) is 12.5 Å². The van der Waals surface area contributed by atoms with Gasteiger partial charge in [-0.1, -0.05) is 84.4 Å². The number of carbonyl (C=O) groups excluding carboxylic acids is 1. The summed E-state index contributed by atoms with van der Waals surface area (Å²) in [6.07, 6.45) is 1.42. The third-order valence-electron chi connectivity index (χ3n) is 5.13. The molecule has 4 aromatic rings. The van der Waals surface area contributed by atoms with E-state index in [0.717, 1.165) is 28.5 Å². The molecule has 7 heteroatoms. The second kappa shape index (κ2) is 11.6. The second-order valence-corrected chi connectivity index (χ2v) is 8.89. The lowest BCUT2D eigenvalue weighted by molar-refractivity contribution is -0.119. The fourth-order valence-electron chi connectivity index (χ4n) is 3.44. The van der Waals surface area contributed by atoms with E-state index in [0.29, 0.717) is 24.5 Å². The lowest BCUT2D eigenvalue weighted by Gasteiger charge is -2.21. The summed E-state index contributed by atoms with van der Waals surface area (Å²) in [7, 11) is 0. The first-order chi connectivity index (χ1) is 16.2. The molecule has 3 aromatic carbocycles. The zero-order chi connectivity index (χ0) is 22.9. The Morgan fingerprint density at radius 1 is 0.879 bits per heavy atom. The van der Waals surface area contributed by atoms with Crippen molar-refractivity contribution in [1.82, 2.24) is 14.7 Å². The van der Waals surface area contributed by atoms with Crippen molar-refractivity contribution in [2.24, 2.45) is 0 Å². The maximum absolute atomic E-state index is 12.7. The van der Waals surface area contributed by atoms with Crippen LogP contribution in [0.15, 0.2) is 84.9 Å². The van der Waals surface area contributed by atoms with E-state index in [9.17, 15) is 4.79 Å². The Morgan fingerprint density at radius 3 is 2.24 bits per heavy atom. The quantitative estimate of drug-likeness (QED) is 0.344. The van der Waals surface area contributed by atoms with Gasteiger partial charge >= 0.3 is 0 Å². The van der Waals surface area contributed by atoms with Crippen LogP contribution in [0.1, 0.15) is 22.5 Å². The molecular weight excluding hydrogens is 452 g/mol. The predicted molar refractivity (Wildman–Crippen MR) is 135 cm³/mol. The lowest BCUT2D eigenvalue weighted by Crippen LogP contribution is -2.37. The predicted octanol–water partition coefficient (Wildman–Crippen LogP) is 5.15. The molecule has 0 bridgehead atoms. The number of hydrogen-bond acceptors (Lipinski definition) is 5. The van der Waals surface area contributed by atoms with Crippen molar-refractivity contribution in [1.29, 1.82) is 0 Å². The van der Waals surface area contributed by atoms with E-state index in [1.165, 1.54) is 17.1 Å². The number of carbonyl (C=O) groups is 1. The van der Waals surface area contributed by atoms with Crippen LogP contribution in [0.5, 0.6) is 0 Å². The summed E-state index contributed by atoms with van der Waals surface area (Å²) in [5, 5.41) is 4.48. The van der Waals surface area contributed by atoms with Gasteiger partial charge in [0.15, 0.2) is 0 Å². The number of nitrogens with one attached hydrogen (secondary N) is 1. The van der Waals surface area contributed by atoms with Gasteiger partial charge in [-0.3, -0.25) is 4.79 Å². The zero-order valence-electron chi connectivity index (χ0n) is 18.2. The number of anilines is 1. The smallest absolute Gasteiger partial charge is 0.239 e. The summed E-state index contributed by atoms with van der Waals surface area (Å²) in [5.41, 5.74) is 3.41. The van der Waals surface area contributed by atoms with Crippen molar-refractivity contribution in [2.45, 2.75) is 19.4 Å². The molecule has 0 aliphatic heterocycles. The van der Waals surface area contributed by atoms with Gasteiger partial charge in [0.2, 0.25) is 11.0 Å². The number of halogens is 1. The van der Waals surface area contributed by atoms with Gasteiger partial charge < -0.3 is 10.2 Å². The highest BCUT2D eigenvalue weighted by Gasteiger charge is 2.17. The molecule has 1 amide bonds. The molecule has 1 heterocycles. The van der Waals surface area contributed by atoms with Crippen LogP contribution in [-0.4, -0.2) is 28.4 Å². The molecule has 0 saturated heterocycles. The van der Waals surface area contributed by atoms with Gasteiger partial charge in [0.1, 0.15) is 5.82 Å². The molecule has 33 heavy (non-hydrogen) atoms. The molecule has 0 saturated carbocycles. The highest BCUT2D eigenvalue weighted by atomic mass is 35.5. The van der Waals surface area contributed by atoms with Gasteiger partial charge in [-0.05, 0) is 35.2 Å². The first-order valence-corrected chi connectivity index (χ1v) is 12.0. The number of rotatable bonds is 10. The largest absolute Gasteiger partial charge is 0.354 e. The number of benzene rings is 3. The van der Waals surface area contributed by atoms with Gasteiger partial charge in [0, 0.05) is 36.1 Å². The fourth-order valence-corrected chi connectivity index (χ4v) is 4.25. The molecule has 0 unspecified atom stereocenters. The Hall–Kier alpha value is -3.22. The molecule has 5 nitrogen and oxygen atoms in total. The van der Waals surface area contributed by atoms with E-state index in [1.54, 1.807) is 0 Å². The van der Waals surface area contributed by atoms with Crippen LogP contribution < -0.4 is 10.2 Å². The summed E-state index contributed by atoms with van der Waals surface area (Å²) in [6.45, 7) is 1.40. The van der Waals surface area contributed by atoms with Crippen molar-refractivity contribution in [2.75, 3.05) is 18.0 Å². The van der Waals surface area contributed by atoms with E-state index in [4.69, 9.17) is 16.6 Å². The molecule has 0 atom stereocenters. The molecule has 1 N–H and O–H groups in total. The molecule has 1 aromatic heterocycles. The Morgan fingerprint density at radius 2 is 1.55 bits per heavy atom. The van der Waals surface area contributed by atoms with E-state index < -0.39 is 0 Å². The molecular formula is C26H25ClN4OS. The van der Waals surface area contributed by atoms with E-state index in [2.05, 4.69) is 34.0 Å². The van der Waals surface area contributed by atoms with Crippen LogP contribution in [0.3, 0.4) is 0 Å².